The molecule has 4 aromatic rings. The van der Waals surface area contributed by atoms with Crippen molar-refractivity contribution in [3.8, 4) is 22.5 Å². The number of pyridine rings is 1. The molecule has 0 aliphatic carbocycles. The first-order chi connectivity index (χ1) is 19.6. The summed E-state index contributed by atoms with van der Waals surface area (Å²) in [7, 11) is 0. The summed E-state index contributed by atoms with van der Waals surface area (Å²) in [6, 6.07) is 8.89. The molecule has 0 radical (unpaired) electrons. The maximum Gasteiger partial charge on any atom is 0.219 e. The summed E-state index contributed by atoms with van der Waals surface area (Å²) in [4.78, 5) is 19.2. The van der Waals surface area contributed by atoms with E-state index in [0.29, 0.717) is 18.5 Å². The van der Waals surface area contributed by atoms with E-state index in [1.54, 1.807) is 6.92 Å². The first-order valence-corrected chi connectivity index (χ1v) is 14.7. The van der Waals surface area contributed by atoms with Gasteiger partial charge in [0.1, 0.15) is 0 Å². The van der Waals surface area contributed by atoms with Crippen molar-refractivity contribution in [1.82, 2.24) is 34.8 Å². The van der Waals surface area contributed by atoms with E-state index in [9.17, 15) is 4.79 Å². The second-order valence-corrected chi connectivity index (χ2v) is 11.5. The zero-order chi connectivity index (χ0) is 27.1. The fourth-order valence-electron chi connectivity index (χ4n) is 6.62. The molecule has 2 saturated heterocycles. The van der Waals surface area contributed by atoms with Crippen molar-refractivity contribution in [3.63, 3.8) is 0 Å². The van der Waals surface area contributed by atoms with Crippen molar-refractivity contribution < 1.29 is 9.53 Å². The van der Waals surface area contributed by atoms with Crippen molar-refractivity contribution in [1.29, 1.82) is 0 Å². The van der Waals surface area contributed by atoms with Gasteiger partial charge in [-0.1, -0.05) is 18.2 Å². The van der Waals surface area contributed by atoms with Gasteiger partial charge in [-0.2, -0.15) is 10.2 Å². The topological polar surface area (TPSA) is 90.1 Å². The van der Waals surface area contributed by atoms with Gasteiger partial charge in [-0.3, -0.25) is 19.1 Å². The molecule has 40 heavy (non-hydrogen) atoms. The minimum absolute atomic E-state index is 0.111. The summed E-state index contributed by atoms with van der Waals surface area (Å²) < 4.78 is 9.96. The lowest BCUT2D eigenvalue weighted by atomic mass is 9.96. The van der Waals surface area contributed by atoms with Crippen LogP contribution in [-0.4, -0.2) is 68.2 Å². The van der Waals surface area contributed by atoms with Crippen LogP contribution in [0.2, 0.25) is 0 Å². The standard InChI is InChI=1S/C31H37N7O2/c1-21(39)36-12-7-30-28(20-36)31(35-38(30)25-8-13-40-14-9-25)26-4-2-3-23-15-29(33-17-27(23)26)24-16-34-37(19-24)18-22-5-10-32-11-6-22/h2-4,15-17,19,22,25,32H,5-14,18,20H2,1H3. The molecule has 3 aliphatic heterocycles. The monoisotopic (exact) mass is 539 g/mol. The van der Waals surface area contributed by atoms with Crippen LogP contribution in [0.4, 0.5) is 0 Å². The normalized spacial score (nSPS) is 18.8. The van der Waals surface area contributed by atoms with Crippen LogP contribution in [0, 0.1) is 5.92 Å². The lowest BCUT2D eigenvalue weighted by molar-refractivity contribution is -0.129. The number of carbonyl (C=O) groups excluding carboxylic acids is 1. The lowest BCUT2D eigenvalue weighted by Gasteiger charge is -2.29. The Morgan fingerprint density at radius 2 is 1.98 bits per heavy atom. The second kappa shape index (κ2) is 10.8. The lowest BCUT2D eigenvalue weighted by Crippen LogP contribution is -2.35. The first-order valence-electron chi connectivity index (χ1n) is 14.7. The molecule has 9 heteroatoms. The van der Waals surface area contributed by atoms with Crippen LogP contribution in [0.15, 0.2) is 42.9 Å². The average molecular weight is 540 g/mol. The fraction of sp³-hybridized carbons (Fsp3) is 0.484. The molecule has 0 atom stereocenters. The summed E-state index contributed by atoms with van der Waals surface area (Å²) in [5.74, 6) is 0.785. The second-order valence-electron chi connectivity index (χ2n) is 11.5. The van der Waals surface area contributed by atoms with E-state index in [-0.39, 0.29) is 5.91 Å². The molecule has 0 bridgehead atoms. The molecular formula is C31H37N7O2. The fourth-order valence-corrected chi connectivity index (χ4v) is 6.62. The highest BCUT2D eigenvalue weighted by Gasteiger charge is 2.30. The summed E-state index contributed by atoms with van der Waals surface area (Å²) in [5, 5.41) is 15.5. The molecule has 208 valence electrons. The summed E-state index contributed by atoms with van der Waals surface area (Å²) >= 11 is 0. The van der Waals surface area contributed by atoms with Crippen molar-refractivity contribution in [2.75, 3.05) is 32.8 Å². The van der Waals surface area contributed by atoms with E-state index in [0.717, 1.165) is 91.9 Å². The van der Waals surface area contributed by atoms with Gasteiger partial charge in [-0.25, -0.2) is 0 Å². The minimum atomic E-state index is 0.111. The van der Waals surface area contributed by atoms with Gasteiger partial charge in [0.05, 0.1) is 23.6 Å². The summed E-state index contributed by atoms with van der Waals surface area (Å²) in [6.07, 6.45) is 11.2. The molecule has 3 aromatic heterocycles. The maximum absolute atomic E-state index is 12.3. The van der Waals surface area contributed by atoms with E-state index in [1.165, 1.54) is 24.1 Å². The number of piperidine rings is 1. The Hall–Kier alpha value is -3.56. The molecule has 0 unspecified atom stereocenters. The highest BCUT2D eigenvalue weighted by Crippen LogP contribution is 2.37. The van der Waals surface area contributed by atoms with E-state index >= 15 is 0 Å². The molecule has 7 rings (SSSR count). The third-order valence-corrected chi connectivity index (χ3v) is 8.92. The number of fused-ring (bicyclic) bond motifs is 2. The number of benzene rings is 1. The van der Waals surface area contributed by atoms with Crippen molar-refractivity contribution in [2.24, 2.45) is 5.92 Å². The van der Waals surface area contributed by atoms with Crippen LogP contribution in [0.3, 0.4) is 0 Å². The molecule has 2 fully saturated rings. The Morgan fingerprint density at radius 3 is 2.80 bits per heavy atom. The average Bonchev–Trinajstić information content (AvgIpc) is 3.62. The van der Waals surface area contributed by atoms with Gasteiger partial charge < -0.3 is 15.0 Å². The Bertz CT molecular complexity index is 1530. The summed E-state index contributed by atoms with van der Waals surface area (Å²) in [6.45, 7) is 7.67. The molecule has 0 spiro atoms. The molecule has 6 heterocycles. The quantitative estimate of drug-likeness (QED) is 0.409. The number of nitrogens with one attached hydrogen (secondary N) is 1. The number of rotatable bonds is 5. The predicted octanol–water partition coefficient (Wildman–Crippen LogP) is 4.22. The molecule has 0 saturated carbocycles. The predicted molar refractivity (Wildman–Crippen MR) is 154 cm³/mol. The first kappa shape index (κ1) is 25.4. The van der Waals surface area contributed by atoms with Crippen LogP contribution in [0.1, 0.15) is 49.9 Å². The van der Waals surface area contributed by atoms with E-state index < -0.39 is 0 Å². The van der Waals surface area contributed by atoms with E-state index in [1.807, 2.05) is 17.3 Å². The van der Waals surface area contributed by atoms with Crippen molar-refractivity contribution >= 4 is 16.7 Å². The Labute approximate surface area is 234 Å². The number of nitrogens with zero attached hydrogens (tertiary/aromatic N) is 6. The summed E-state index contributed by atoms with van der Waals surface area (Å²) in [5.41, 5.74) is 6.46. The van der Waals surface area contributed by atoms with Gasteiger partial charge in [-0.05, 0) is 56.1 Å². The van der Waals surface area contributed by atoms with Crippen LogP contribution in [0.25, 0.3) is 33.3 Å². The maximum atomic E-state index is 12.3. The number of carbonyl (C=O) groups is 1. The van der Waals surface area contributed by atoms with Gasteiger partial charge in [0.15, 0.2) is 0 Å². The third kappa shape index (κ3) is 4.81. The SMILES string of the molecule is CC(=O)N1CCc2c(c(-c3cccc4cc(-c5cnn(CC6CCNCC6)c5)ncc34)nn2C2CCOCC2)C1. The molecule has 3 aliphatic rings. The number of ether oxygens (including phenoxy) is 1. The Morgan fingerprint density at radius 1 is 1.12 bits per heavy atom. The molecule has 1 aromatic carbocycles. The zero-order valence-corrected chi connectivity index (χ0v) is 23.2. The van der Waals surface area contributed by atoms with Gasteiger partial charge in [0.2, 0.25) is 5.91 Å². The number of amides is 1. The number of aromatic nitrogens is 5. The highest BCUT2D eigenvalue weighted by atomic mass is 16.5. The number of hydrogen-bond donors (Lipinski definition) is 1. The highest BCUT2D eigenvalue weighted by molar-refractivity contribution is 5.97. The molecule has 1 amide bonds. The molecule has 1 N–H and O–H groups in total. The Balaban J connectivity index is 1.24. The third-order valence-electron chi connectivity index (χ3n) is 8.92. The van der Waals surface area contributed by atoms with Crippen molar-refractivity contribution in [3.05, 3.63) is 54.1 Å². The smallest absolute Gasteiger partial charge is 0.219 e. The van der Waals surface area contributed by atoms with Gasteiger partial charge in [-0.15, -0.1) is 0 Å². The van der Waals surface area contributed by atoms with Gasteiger partial charge in [0, 0.05) is 86.4 Å². The van der Waals surface area contributed by atoms with E-state index in [4.69, 9.17) is 14.8 Å². The largest absolute Gasteiger partial charge is 0.381 e. The minimum Gasteiger partial charge on any atom is -0.381 e. The van der Waals surface area contributed by atoms with Crippen LogP contribution in [-0.2, 0) is 29.0 Å². The Kier molecular flexibility index (Phi) is 6.85. The van der Waals surface area contributed by atoms with Crippen molar-refractivity contribution in [2.45, 2.75) is 58.2 Å². The van der Waals surface area contributed by atoms with Gasteiger partial charge >= 0.3 is 0 Å². The van der Waals surface area contributed by atoms with Crippen LogP contribution < -0.4 is 5.32 Å². The van der Waals surface area contributed by atoms with E-state index in [2.05, 4.69) is 50.2 Å². The van der Waals surface area contributed by atoms with Crippen LogP contribution >= 0.6 is 0 Å². The zero-order valence-electron chi connectivity index (χ0n) is 23.2. The molecular weight excluding hydrogens is 502 g/mol. The molecule has 9 nitrogen and oxygen atoms in total. The van der Waals surface area contributed by atoms with Crippen LogP contribution in [0.5, 0.6) is 0 Å². The van der Waals surface area contributed by atoms with Gasteiger partial charge in [0.25, 0.3) is 0 Å². The number of hydrogen-bond acceptors (Lipinski definition) is 6.